The van der Waals surface area contributed by atoms with Crippen molar-refractivity contribution in [3.05, 3.63) is 42.0 Å². The summed E-state index contributed by atoms with van der Waals surface area (Å²) in [5, 5.41) is 18.5. The van der Waals surface area contributed by atoms with Crippen LogP contribution in [0.2, 0.25) is 0 Å². The fourth-order valence-corrected chi connectivity index (χ4v) is 1.47. The van der Waals surface area contributed by atoms with Crippen molar-refractivity contribution in [3.8, 4) is 5.75 Å². The molecule has 2 aromatic carbocycles. The summed E-state index contributed by atoms with van der Waals surface area (Å²) in [6, 6.07) is 11.0. The lowest BCUT2D eigenvalue weighted by Gasteiger charge is -2.02. The third-order valence-electron chi connectivity index (χ3n) is 2.07. The van der Waals surface area contributed by atoms with Gasteiger partial charge >= 0.3 is 0 Å². The van der Waals surface area contributed by atoms with Gasteiger partial charge in [0.1, 0.15) is 5.75 Å². The first-order chi connectivity index (χ1) is 6.33. The van der Waals surface area contributed by atoms with E-state index in [0.29, 0.717) is 0 Å². The van der Waals surface area contributed by atoms with Crippen molar-refractivity contribution in [3.63, 3.8) is 0 Å². The molecule has 64 valence electrons. The second-order valence-electron chi connectivity index (χ2n) is 2.87. The molecule has 2 nitrogen and oxygen atoms in total. The summed E-state index contributed by atoms with van der Waals surface area (Å²) in [7, 11) is 0. The molecule has 0 aliphatic rings. The average Bonchev–Trinajstić information content (AvgIpc) is 2.17. The number of fused-ring (bicyclic) bond motifs is 1. The molecule has 0 saturated carbocycles. The summed E-state index contributed by atoms with van der Waals surface area (Å²) in [4.78, 5) is 0. The second-order valence-corrected chi connectivity index (χ2v) is 2.87. The Morgan fingerprint density at radius 3 is 2.46 bits per heavy atom. The van der Waals surface area contributed by atoms with E-state index >= 15 is 0 Å². The molecule has 2 heteroatoms. The van der Waals surface area contributed by atoms with Gasteiger partial charge in [0.2, 0.25) is 0 Å². The first kappa shape index (κ1) is 7.80. The molecule has 2 rings (SSSR count). The predicted molar refractivity (Wildman–Crippen MR) is 53.5 cm³/mol. The minimum absolute atomic E-state index is 0.233. The summed E-state index contributed by atoms with van der Waals surface area (Å²) in [5.74, 6) is 0.233. The maximum atomic E-state index is 9.58. The lowest BCUT2D eigenvalue weighted by atomic mass is 10.0. The number of hydrogen-bond acceptors (Lipinski definition) is 2. The SMILES string of the molecule is N=Cc1cccc2cccc(O)c12. The third kappa shape index (κ3) is 1.16. The van der Waals surface area contributed by atoms with Crippen molar-refractivity contribution >= 4 is 17.0 Å². The third-order valence-corrected chi connectivity index (χ3v) is 2.07. The molecular weight excluding hydrogens is 162 g/mol. The molecule has 0 aliphatic carbocycles. The molecule has 2 aromatic rings. The van der Waals surface area contributed by atoms with E-state index in [1.165, 1.54) is 6.21 Å². The first-order valence-corrected chi connectivity index (χ1v) is 4.04. The molecule has 2 N–H and O–H groups in total. The minimum atomic E-state index is 0.233. The summed E-state index contributed by atoms with van der Waals surface area (Å²) >= 11 is 0. The van der Waals surface area contributed by atoms with E-state index in [1.807, 2.05) is 24.3 Å². The van der Waals surface area contributed by atoms with Gasteiger partial charge in [-0.15, -0.1) is 0 Å². The van der Waals surface area contributed by atoms with Crippen LogP contribution in [0.3, 0.4) is 0 Å². The number of rotatable bonds is 1. The number of phenolic OH excluding ortho intramolecular Hbond substituents is 1. The number of nitrogens with one attached hydrogen (secondary N) is 1. The minimum Gasteiger partial charge on any atom is -0.507 e. The molecule has 0 atom stereocenters. The Bertz CT molecular complexity index is 457. The Hall–Kier alpha value is -1.83. The Balaban J connectivity index is 2.94. The van der Waals surface area contributed by atoms with Crippen LogP contribution in [0.4, 0.5) is 0 Å². The maximum absolute atomic E-state index is 9.58. The quantitative estimate of drug-likeness (QED) is 0.636. The van der Waals surface area contributed by atoms with Gasteiger partial charge in [-0.25, -0.2) is 0 Å². The number of phenols is 1. The monoisotopic (exact) mass is 171 g/mol. The van der Waals surface area contributed by atoms with E-state index in [0.717, 1.165) is 16.3 Å². The molecule has 0 radical (unpaired) electrons. The van der Waals surface area contributed by atoms with Crippen LogP contribution in [0.5, 0.6) is 5.75 Å². The molecule has 0 spiro atoms. The van der Waals surface area contributed by atoms with Crippen LogP contribution in [-0.4, -0.2) is 11.3 Å². The summed E-state index contributed by atoms with van der Waals surface area (Å²) in [6.45, 7) is 0. The highest BCUT2D eigenvalue weighted by atomic mass is 16.3. The van der Waals surface area contributed by atoms with Crippen molar-refractivity contribution in [2.75, 3.05) is 0 Å². The van der Waals surface area contributed by atoms with Gasteiger partial charge in [0.05, 0.1) is 0 Å². The van der Waals surface area contributed by atoms with Crippen molar-refractivity contribution in [2.24, 2.45) is 0 Å². The molecule has 0 aliphatic heterocycles. The molecule has 0 bridgehead atoms. The van der Waals surface area contributed by atoms with Gasteiger partial charge in [0, 0.05) is 17.2 Å². The Kier molecular flexibility index (Phi) is 1.74. The second kappa shape index (κ2) is 2.90. The van der Waals surface area contributed by atoms with Crippen molar-refractivity contribution in [1.82, 2.24) is 0 Å². The van der Waals surface area contributed by atoms with Crippen LogP contribution in [0.15, 0.2) is 36.4 Å². The molecule has 0 heterocycles. The van der Waals surface area contributed by atoms with Crippen LogP contribution >= 0.6 is 0 Å². The molecular formula is C11H9NO. The Morgan fingerprint density at radius 2 is 1.77 bits per heavy atom. The first-order valence-electron chi connectivity index (χ1n) is 4.04. The average molecular weight is 171 g/mol. The molecule has 13 heavy (non-hydrogen) atoms. The summed E-state index contributed by atoms with van der Waals surface area (Å²) < 4.78 is 0. The van der Waals surface area contributed by atoms with Gasteiger partial charge in [-0.3, -0.25) is 0 Å². The van der Waals surface area contributed by atoms with Crippen LogP contribution in [0.25, 0.3) is 10.8 Å². The highest BCUT2D eigenvalue weighted by molar-refractivity contribution is 6.02. The van der Waals surface area contributed by atoms with E-state index in [2.05, 4.69) is 0 Å². The van der Waals surface area contributed by atoms with Crippen LogP contribution < -0.4 is 0 Å². The zero-order chi connectivity index (χ0) is 9.26. The van der Waals surface area contributed by atoms with Gasteiger partial charge in [0.25, 0.3) is 0 Å². The van der Waals surface area contributed by atoms with Crippen molar-refractivity contribution in [1.29, 1.82) is 5.41 Å². The predicted octanol–water partition coefficient (Wildman–Crippen LogP) is 2.54. The van der Waals surface area contributed by atoms with Crippen LogP contribution in [0, 0.1) is 5.41 Å². The number of benzene rings is 2. The standard InChI is InChI=1S/C11H9NO/c12-7-9-5-1-3-8-4-2-6-10(13)11(8)9/h1-7,12-13H. The van der Waals surface area contributed by atoms with E-state index in [1.54, 1.807) is 12.1 Å². The zero-order valence-corrected chi connectivity index (χ0v) is 6.99. The van der Waals surface area contributed by atoms with Gasteiger partial charge in [-0.2, -0.15) is 0 Å². The topological polar surface area (TPSA) is 44.1 Å². The van der Waals surface area contributed by atoms with Gasteiger partial charge in [0.15, 0.2) is 0 Å². The number of aromatic hydroxyl groups is 1. The van der Waals surface area contributed by atoms with Crippen molar-refractivity contribution < 1.29 is 5.11 Å². The lowest BCUT2D eigenvalue weighted by Crippen LogP contribution is -1.82. The van der Waals surface area contributed by atoms with E-state index < -0.39 is 0 Å². The van der Waals surface area contributed by atoms with Crippen LogP contribution in [0.1, 0.15) is 5.56 Å². The fourth-order valence-electron chi connectivity index (χ4n) is 1.47. The Morgan fingerprint density at radius 1 is 1.08 bits per heavy atom. The normalized spacial score (nSPS) is 10.2. The van der Waals surface area contributed by atoms with Gasteiger partial charge in [-0.1, -0.05) is 30.3 Å². The largest absolute Gasteiger partial charge is 0.507 e. The highest BCUT2D eigenvalue weighted by Gasteiger charge is 2.01. The molecule has 0 fully saturated rings. The van der Waals surface area contributed by atoms with E-state index in [9.17, 15) is 5.11 Å². The Labute approximate surface area is 76.0 Å². The lowest BCUT2D eigenvalue weighted by molar-refractivity contribution is 0.481. The molecule has 0 unspecified atom stereocenters. The smallest absolute Gasteiger partial charge is 0.124 e. The highest BCUT2D eigenvalue weighted by Crippen LogP contribution is 2.26. The van der Waals surface area contributed by atoms with Gasteiger partial charge < -0.3 is 10.5 Å². The van der Waals surface area contributed by atoms with Crippen LogP contribution in [-0.2, 0) is 0 Å². The molecule has 0 amide bonds. The number of hydrogen-bond donors (Lipinski definition) is 2. The molecule has 0 aromatic heterocycles. The zero-order valence-electron chi connectivity index (χ0n) is 6.99. The van der Waals surface area contributed by atoms with E-state index in [-0.39, 0.29) is 5.75 Å². The van der Waals surface area contributed by atoms with Crippen molar-refractivity contribution in [2.45, 2.75) is 0 Å². The fraction of sp³-hybridized carbons (Fsp3) is 0. The summed E-state index contributed by atoms with van der Waals surface area (Å²) in [6.07, 6.45) is 1.25. The molecule has 0 saturated heterocycles. The van der Waals surface area contributed by atoms with Gasteiger partial charge in [-0.05, 0) is 11.5 Å². The summed E-state index contributed by atoms with van der Waals surface area (Å²) in [5.41, 5.74) is 0.746. The van der Waals surface area contributed by atoms with E-state index in [4.69, 9.17) is 5.41 Å². The maximum Gasteiger partial charge on any atom is 0.124 e.